The Morgan fingerprint density at radius 1 is 0.870 bits per heavy atom. The zero-order valence-electron chi connectivity index (χ0n) is 40.3. The number of benzene rings is 2. The summed E-state index contributed by atoms with van der Waals surface area (Å²) in [6, 6.07) is 17.9. The van der Waals surface area contributed by atoms with Crippen molar-refractivity contribution in [3.8, 4) is 17.9 Å². The molecule has 6 atom stereocenters. The molecule has 0 radical (unpaired) electrons. The lowest BCUT2D eigenvalue weighted by Gasteiger charge is -2.29. The van der Waals surface area contributed by atoms with Crippen LogP contribution >= 0.6 is 19.4 Å². The molecule has 18 heteroatoms. The van der Waals surface area contributed by atoms with E-state index in [1.54, 1.807) is 44.2 Å². The lowest BCUT2D eigenvalue weighted by molar-refractivity contribution is -0.204. The van der Waals surface area contributed by atoms with Gasteiger partial charge in [0.15, 0.2) is 11.6 Å². The minimum absolute atomic E-state index is 0.0221. The molecule has 0 spiro atoms. The van der Waals surface area contributed by atoms with E-state index in [1.807, 2.05) is 6.07 Å². The fourth-order valence-corrected chi connectivity index (χ4v) is 10.3. The number of nitrogen functional groups attached to an aromatic ring is 1. The number of aromatic nitrogens is 3. The smallest absolute Gasteiger partial charge is 0.402 e. The summed E-state index contributed by atoms with van der Waals surface area (Å²) in [4.78, 5) is 4.06. The van der Waals surface area contributed by atoms with Crippen molar-refractivity contribution >= 4 is 30.8 Å². The topological polar surface area (TPSA) is 195 Å². The minimum atomic E-state index is -4.62. The van der Waals surface area contributed by atoms with Crippen molar-refractivity contribution < 1.29 is 46.2 Å². The van der Waals surface area contributed by atoms with E-state index in [9.17, 15) is 19.5 Å². The van der Waals surface area contributed by atoms with Crippen LogP contribution in [0.5, 0.6) is 5.75 Å². The number of anilines is 1. The average Bonchev–Trinajstić information content (AvgIpc) is 4.00. The molecule has 2 aromatic heterocycles. The highest BCUT2D eigenvalue weighted by atomic mass is 35.5. The normalized spacial score (nSPS) is 20.9. The predicted molar refractivity (Wildman–Crippen MR) is 260 cm³/mol. The third kappa shape index (κ3) is 15.6. The van der Waals surface area contributed by atoms with Crippen LogP contribution < -0.4 is 10.3 Å². The number of para-hydroxylation sites is 1. The summed E-state index contributed by atoms with van der Waals surface area (Å²) in [5.41, 5.74) is 5.67. The molecule has 1 unspecified atom stereocenters. The van der Waals surface area contributed by atoms with Gasteiger partial charge in [-0.15, -0.1) is 0 Å². The molecule has 2 aliphatic rings. The Bertz CT molecular complexity index is 2360. The standard InChI is InChI=1S/C51H69ClFN6O9P/c1-4-5-6-7-8-9-10-11-12-13-14-15-16-17-18-19-22-27-61-33-41(62-32-39-28-38(31-54)29-40(53)30-39)34-63-69(60,68-44-24-21-20-23-42(44)52)64-35-45-47-48(67-50(2,3)66-47)51(36-55,65-45)46-26-25-43-49(56)57-37-58-59(43)46/h20-21,23-26,28-30,37,41,45,47-48H,4-19,22,27,32-35H2,1-3H3,(H2,56,57,58)/t41-,45-,47-,48-,51+,69?/m1/s1. The monoisotopic (exact) mass is 994 g/mol. The van der Waals surface area contributed by atoms with Gasteiger partial charge in [-0.1, -0.05) is 133 Å². The quantitative estimate of drug-likeness (QED) is 0.0358. The number of fused-ring (bicyclic) bond motifs is 2. The minimum Gasteiger partial charge on any atom is -0.402 e. The van der Waals surface area contributed by atoms with Crippen LogP contribution in [0.15, 0.2) is 60.9 Å². The molecule has 69 heavy (non-hydrogen) atoms. The third-order valence-corrected chi connectivity index (χ3v) is 14.1. The SMILES string of the molecule is CCCCCCCCCCCCCCCCCCCOC[C@H](COP(=O)(OC[C@H]1O[C@@](C#N)(c2ccc3c(N)ncnn23)[C@@H]2OC(C)(C)O[C@@H]21)Oc1ccccc1Cl)OCc1cc(F)cc(C#N)c1. The number of hydrogen-bond acceptors (Lipinski definition) is 14. The number of rotatable bonds is 32. The molecule has 6 rings (SSSR count). The number of ether oxygens (including phenoxy) is 5. The molecule has 2 N–H and O–H groups in total. The van der Waals surface area contributed by atoms with Crippen LogP contribution in [-0.4, -0.2) is 71.2 Å². The van der Waals surface area contributed by atoms with E-state index in [2.05, 4.69) is 23.1 Å². The Balaban J connectivity index is 1.05. The van der Waals surface area contributed by atoms with E-state index in [0.29, 0.717) is 23.4 Å². The molecule has 0 amide bonds. The molecule has 0 saturated carbocycles. The summed E-state index contributed by atoms with van der Waals surface area (Å²) in [7, 11) is -4.62. The first kappa shape index (κ1) is 54.1. The summed E-state index contributed by atoms with van der Waals surface area (Å²) >= 11 is 6.47. The van der Waals surface area contributed by atoms with Gasteiger partial charge in [-0.3, -0.25) is 9.05 Å². The highest BCUT2D eigenvalue weighted by molar-refractivity contribution is 7.49. The van der Waals surface area contributed by atoms with E-state index >= 15 is 0 Å². The van der Waals surface area contributed by atoms with Crippen LogP contribution in [0.2, 0.25) is 5.02 Å². The lowest BCUT2D eigenvalue weighted by Crippen LogP contribution is -2.40. The van der Waals surface area contributed by atoms with Crippen molar-refractivity contribution in [1.29, 1.82) is 10.5 Å². The summed E-state index contributed by atoms with van der Waals surface area (Å²) in [6.07, 6.45) is 19.1. The molecule has 2 fully saturated rings. The van der Waals surface area contributed by atoms with Crippen LogP contribution in [-0.2, 0) is 49.5 Å². The Labute approximate surface area is 411 Å². The van der Waals surface area contributed by atoms with Gasteiger partial charge in [0.2, 0.25) is 5.60 Å². The molecule has 2 aromatic carbocycles. The van der Waals surface area contributed by atoms with Crippen LogP contribution in [0, 0.1) is 28.5 Å². The maximum atomic E-state index is 14.8. The summed E-state index contributed by atoms with van der Waals surface area (Å²) < 4.78 is 80.0. The number of halogens is 2. The average molecular weight is 996 g/mol. The fourth-order valence-electron chi connectivity index (χ4n) is 8.83. The Hall–Kier alpha value is -4.19. The van der Waals surface area contributed by atoms with Crippen LogP contribution in [0.25, 0.3) is 5.52 Å². The molecule has 376 valence electrons. The highest BCUT2D eigenvalue weighted by Crippen LogP contribution is 2.54. The van der Waals surface area contributed by atoms with Gasteiger partial charge in [-0.25, -0.2) is 18.5 Å². The van der Waals surface area contributed by atoms with Gasteiger partial charge in [-0.2, -0.15) is 15.6 Å². The molecule has 0 aliphatic carbocycles. The zero-order chi connectivity index (χ0) is 49.1. The number of phosphoric ester groups is 1. The Morgan fingerprint density at radius 3 is 2.19 bits per heavy atom. The summed E-state index contributed by atoms with van der Waals surface area (Å²) in [5, 5.41) is 24.7. The van der Waals surface area contributed by atoms with Crippen molar-refractivity contribution in [3.63, 3.8) is 0 Å². The van der Waals surface area contributed by atoms with Gasteiger partial charge in [0, 0.05) is 6.61 Å². The van der Waals surface area contributed by atoms with Crippen LogP contribution in [0.3, 0.4) is 0 Å². The number of hydrogen-bond donors (Lipinski definition) is 1. The van der Waals surface area contributed by atoms with Gasteiger partial charge in [0.05, 0.1) is 48.8 Å². The van der Waals surface area contributed by atoms with Gasteiger partial charge in [0.25, 0.3) is 0 Å². The van der Waals surface area contributed by atoms with Gasteiger partial charge < -0.3 is 33.9 Å². The number of nitrogens with zero attached hydrogens (tertiary/aromatic N) is 5. The van der Waals surface area contributed by atoms with Crippen LogP contribution in [0.1, 0.15) is 147 Å². The van der Waals surface area contributed by atoms with E-state index < -0.39 is 56.1 Å². The Kier molecular flexibility index (Phi) is 21.1. The van der Waals surface area contributed by atoms with E-state index in [-0.39, 0.29) is 42.0 Å². The zero-order valence-corrected chi connectivity index (χ0v) is 42.0. The van der Waals surface area contributed by atoms with E-state index in [4.69, 9.17) is 54.6 Å². The number of phosphoric acid groups is 1. The lowest BCUT2D eigenvalue weighted by atomic mass is 9.92. The van der Waals surface area contributed by atoms with Crippen molar-refractivity contribution in [2.75, 3.05) is 32.2 Å². The van der Waals surface area contributed by atoms with E-state index in [0.717, 1.165) is 25.3 Å². The first-order valence-corrected chi connectivity index (χ1v) is 26.5. The van der Waals surface area contributed by atoms with Crippen molar-refractivity contribution in [2.45, 2.75) is 172 Å². The van der Waals surface area contributed by atoms with Crippen molar-refractivity contribution in [2.24, 2.45) is 0 Å². The highest BCUT2D eigenvalue weighted by Gasteiger charge is 2.65. The first-order chi connectivity index (χ1) is 33.4. The molecule has 4 heterocycles. The number of nitrogens with two attached hydrogens (primary N) is 1. The maximum absolute atomic E-state index is 14.8. The second kappa shape index (κ2) is 26.9. The maximum Gasteiger partial charge on any atom is 0.530 e. The third-order valence-electron chi connectivity index (χ3n) is 12.4. The predicted octanol–water partition coefficient (Wildman–Crippen LogP) is 12.1. The van der Waals surface area contributed by atoms with Gasteiger partial charge in [-0.05, 0) is 68.3 Å². The summed E-state index contributed by atoms with van der Waals surface area (Å²) in [5.74, 6) is -1.50. The molecule has 4 aromatic rings. The van der Waals surface area contributed by atoms with Gasteiger partial charge in [0.1, 0.15) is 53.9 Å². The van der Waals surface area contributed by atoms with E-state index in [1.165, 1.54) is 119 Å². The largest absolute Gasteiger partial charge is 0.530 e. The molecular formula is C51H69ClFN6O9P. The molecule has 2 aliphatic heterocycles. The van der Waals surface area contributed by atoms with Gasteiger partial charge >= 0.3 is 7.82 Å². The summed E-state index contributed by atoms with van der Waals surface area (Å²) in [6.45, 7) is 5.26. The second-order valence-electron chi connectivity index (χ2n) is 18.4. The van der Waals surface area contributed by atoms with Crippen LogP contribution in [0.4, 0.5) is 10.2 Å². The first-order valence-electron chi connectivity index (χ1n) is 24.6. The second-order valence-corrected chi connectivity index (χ2v) is 20.4. The molecule has 2 saturated heterocycles. The number of nitriles is 2. The van der Waals surface area contributed by atoms with Crippen molar-refractivity contribution in [1.82, 2.24) is 14.6 Å². The fraction of sp³-hybridized carbons (Fsp3) is 0.608. The van der Waals surface area contributed by atoms with Crippen molar-refractivity contribution in [3.05, 3.63) is 88.6 Å². The number of unbranched alkanes of at least 4 members (excludes halogenated alkanes) is 16. The molecule has 15 nitrogen and oxygen atoms in total. The molecular weight excluding hydrogens is 926 g/mol. The Morgan fingerprint density at radius 2 is 1.54 bits per heavy atom. The molecule has 0 bridgehead atoms.